The van der Waals surface area contributed by atoms with Crippen molar-refractivity contribution in [3.8, 4) is 0 Å². The highest BCUT2D eigenvalue weighted by molar-refractivity contribution is 9.10. The first-order valence-electron chi connectivity index (χ1n) is 4.06. The van der Waals surface area contributed by atoms with Gasteiger partial charge in [0.25, 0.3) is 0 Å². The Morgan fingerprint density at radius 3 is 2.86 bits per heavy atom. The van der Waals surface area contributed by atoms with Crippen LogP contribution in [0.2, 0.25) is 5.02 Å². The second kappa shape index (κ2) is 3.41. The van der Waals surface area contributed by atoms with Crippen LogP contribution in [0.25, 0.3) is 10.9 Å². The number of aldehydes is 1. The van der Waals surface area contributed by atoms with Crippen molar-refractivity contribution in [3.63, 3.8) is 0 Å². The lowest BCUT2D eigenvalue weighted by atomic mass is 10.1. The molecule has 0 amide bonds. The zero-order valence-corrected chi connectivity index (χ0v) is 9.74. The maximum atomic E-state index is 10.8. The molecule has 0 aliphatic rings. The summed E-state index contributed by atoms with van der Waals surface area (Å²) < 4.78 is 0.702. The van der Waals surface area contributed by atoms with Gasteiger partial charge < -0.3 is 4.98 Å². The van der Waals surface area contributed by atoms with Crippen LogP contribution in [-0.4, -0.2) is 11.3 Å². The number of aryl methyl sites for hydroxylation is 1. The normalized spacial score (nSPS) is 10.8. The van der Waals surface area contributed by atoms with Crippen LogP contribution >= 0.6 is 27.5 Å². The standard InChI is InChI=1S/C10H7BrClNO/c1-5-2-6(12)3-7-8(4-14)10(11)13-9(5)7/h2-4,13H,1H3. The van der Waals surface area contributed by atoms with Crippen LogP contribution in [0.5, 0.6) is 0 Å². The van der Waals surface area contributed by atoms with Crippen molar-refractivity contribution in [1.82, 2.24) is 4.98 Å². The predicted octanol–water partition coefficient (Wildman–Crippen LogP) is 3.70. The van der Waals surface area contributed by atoms with Crippen LogP contribution < -0.4 is 0 Å². The van der Waals surface area contributed by atoms with E-state index in [9.17, 15) is 4.79 Å². The molecule has 4 heteroatoms. The van der Waals surface area contributed by atoms with Gasteiger partial charge in [-0.25, -0.2) is 0 Å². The maximum Gasteiger partial charge on any atom is 0.153 e. The highest BCUT2D eigenvalue weighted by atomic mass is 79.9. The molecule has 0 saturated carbocycles. The minimum Gasteiger partial charge on any atom is -0.348 e. The van der Waals surface area contributed by atoms with Crippen molar-refractivity contribution < 1.29 is 4.79 Å². The highest BCUT2D eigenvalue weighted by Crippen LogP contribution is 2.29. The number of fused-ring (bicyclic) bond motifs is 1. The molecule has 0 radical (unpaired) electrons. The van der Waals surface area contributed by atoms with Crippen LogP contribution in [0, 0.1) is 6.92 Å². The maximum absolute atomic E-state index is 10.8. The molecule has 1 aromatic carbocycles. The minimum absolute atomic E-state index is 0.616. The Balaban J connectivity index is 2.94. The van der Waals surface area contributed by atoms with Crippen molar-refractivity contribution in [2.24, 2.45) is 0 Å². The van der Waals surface area contributed by atoms with Crippen molar-refractivity contribution >= 4 is 44.7 Å². The number of carbonyl (C=O) groups excluding carboxylic acids is 1. The summed E-state index contributed by atoms with van der Waals surface area (Å²) in [5.74, 6) is 0. The van der Waals surface area contributed by atoms with E-state index < -0.39 is 0 Å². The number of aromatic amines is 1. The number of aromatic nitrogens is 1. The lowest BCUT2D eigenvalue weighted by molar-refractivity contribution is 0.112. The molecule has 0 atom stereocenters. The number of halogens is 2. The van der Waals surface area contributed by atoms with Crippen molar-refractivity contribution in [2.75, 3.05) is 0 Å². The van der Waals surface area contributed by atoms with Crippen LogP contribution in [0.1, 0.15) is 15.9 Å². The Hall–Kier alpha value is -0.800. The quantitative estimate of drug-likeness (QED) is 0.789. The molecule has 2 rings (SSSR count). The molecule has 1 N–H and O–H groups in total. The molecule has 2 nitrogen and oxygen atoms in total. The van der Waals surface area contributed by atoms with Gasteiger partial charge in [-0.15, -0.1) is 0 Å². The molecule has 0 aliphatic heterocycles. The van der Waals surface area contributed by atoms with E-state index in [-0.39, 0.29) is 0 Å². The van der Waals surface area contributed by atoms with Gasteiger partial charge in [-0.3, -0.25) is 4.79 Å². The SMILES string of the molecule is Cc1cc(Cl)cc2c(C=O)c(Br)[nH]c12. The molecule has 0 aliphatic carbocycles. The van der Waals surface area contributed by atoms with Gasteiger partial charge in [-0.1, -0.05) is 11.6 Å². The van der Waals surface area contributed by atoms with E-state index in [1.807, 2.05) is 13.0 Å². The molecule has 0 unspecified atom stereocenters. The highest BCUT2D eigenvalue weighted by Gasteiger charge is 2.10. The van der Waals surface area contributed by atoms with Gasteiger partial charge in [0.1, 0.15) is 0 Å². The Morgan fingerprint density at radius 2 is 2.21 bits per heavy atom. The Kier molecular flexibility index (Phi) is 2.37. The Morgan fingerprint density at radius 1 is 1.50 bits per heavy atom. The fraction of sp³-hybridized carbons (Fsp3) is 0.100. The number of hydrogen-bond acceptors (Lipinski definition) is 1. The zero-order valence-electron chi connectivity index (χ0n) is 7.40. The first-order valence-corrected chi connectivity index (χ1v) is 5.23. The minimum atomic E-state index is 0.616. The summed E-state index contributed by atoms with van der Waals surface area (Å²) in [6.45, 7) is 1.95. The van der Waals surface area contributed by atoms with Gasteiger partial charge in [0.05, 0.1) is 15.7 Å². The Labute approximate surface area is 94.4 Å². The first kappa shape index (κ1) is 9.74. The fourth-order valence-electron chi connectivity index (χ4n) is 1.53. The summed E-state index contributed by atoms with van der Waals surface area (Å²) in [6.07, 6.45) is 0.818. The number of hydrogen-bond donors (Lipinski definition) is 1. The van der Waals surface area contributed by atoms with E-state index in [2.05, 4.69) is 20.9 Å². The van der Waals surface area contributed by atoms with Gasteiger partial charge in [0, 0.05) is 10.4 Å². The van der Waals surface area contributed by atoms with Gasteiger partial charge >= 0.3 is 0 Å². The number of benzene rings is 1. The third-order valence-corrected chi connectivity index (χ3v) is 3.02. The third-order valence-electron chi connectivity index (χ3n) is 2.18. The molecule has 0 fully saturated rings. The molecule has 1 aromatic heterocycles. The summed E-state index contributed by atoms with van der Waals surface area (Å²) >= 11 is 9.22. The summed E-state index contributed by atoms with van der Waals surface area (Å²) in [5, 5.41) is 1.50. The molecule has 0 saturated heterocycles. The smallest absolute Gasteiger partial charge is 0.153 e. The molecule has 0 spiro atoms. The number of rotatable bonds is 1. The van der Waals surface area contributed by atoms with Crippen molar-refractivity contribution in [3.05, 3.63) is 32.9 Å². The molecular formula is C10H7BrClNO. The van der Waals surface area contributed by atoms with Crippen LogP contribution in [0.15, 0.2) is 16.7 Å². The zero-order chi connectivity index (χ0) is 10.3. The summed E-state index contributed by atoms with van der Waals surface area (Å²) in [7, 11) is 0. The largest absolute Gasteiger partial charge is 0.348 e. The molecule has 0 bridgehead atoms. The number of H-pyrrole nitrogens is 1. The Bertz CT molecular complexity index is 518. The lowest BCUT2D eigenvalue weighted by Gasteiger charge is -1.97. The fourth-order valence-corrected chi connectivity index (χ4v) is 2.31. The van der Waals surface area contributed by atoms with E-state index in [0.29, 0.717) is 15.2 Å². The topological polar surface area (TPSA) is 32.9 Å². The second-order valence-corrected chi connectivity index (χ2v) is 4.35. The van der Waals surface area contributed by atoms with Crippen LogP contribution in [0.4, 0.5) is 0 Å². The average molecular weight is 273 g/mol. The molecular weight excluding hydrogens is 265 g/mol. The first-order chi connectivity index (χ1) is 6.63. The molecule has 1 heterocycles. The van der Waals surface area contributed by atoms with Crippen molar-refractivity contribution in [2.45, 2.75) is 6.92 Å². The van der Waals surface area contributed by atoms with Gasteiger partial charge in [-0.2, -0.15) is 0 Å². The van der Waals surface area contributed by atoms with Crippen molar-refractivity contribution in [1.29, 1.82) is 0 Å². The molecule has 72 valence electrons. The monoisotopic (exact) mass is 271 g/mol. The van der Waals surface area contributed by atoms with E-state index in [0.717, 1.165) is 22.8 Å². The molecule has 2 aromatic rings. The summed E-state index contributed by atoms with van der Waals surface area (Å²) in [4.78, 5) is 13.9. The van der Waals surface area contributed by atoms with Gasteiger partial charge in [0.15, 0.2) is 6.29 Å². The van der Waals surface area contributed by atoms with E-state index in [1.165, 1.54) is 0 Å². The second-order valence-electron chi connectivity index (χ2n) is 3.12. The number of carbonyl (C=O) groups is 1. The van der Waals surface area contributed by atoms with E-state index in [4.69, 9.17) is 11.6 Å². The summed E-state index contributed by atoms with van der Waals surface area (Å²) in [5.41, 5.74) is 2.59. The van der Waals surface area contributed by atoms with Gasteiger partial charge in [-0.05, 0) is 40.5 Å². The average Bonchev–Trinajstić information content (AvgIpc) is 2.41. The van der Waals surface area contributed by atoms with E-state index in [1.54, 1.807) is 6.07 Å². The van der Waals surface area contributed by atoms with Crippen LogP contribution in [-0.2, 0) is 0 Å². The summed E-state index contributed by atoms with van der Waals surface area (Å²) in [6, 6.07) is 3.65. The molecule has 14 heavy (non-hydrogen) atoms. The number of nitrogens with one attached hydrogen (secondary N) is 1. The predicted molar refractivity (Wildman–Crippen MR) is 61.1 cm³/mol. The van der Waals surface area contributed by atoms with Gasteiger partial charge in [0.2, 0.25) is 0 Å². The lowest BCUT2D eigenvalue weighted by Crippen LogP contribution is -1.79. The third kappa shape index (κ3) is 1.37. The van der Waals surface area contributed by atoms with Crippen LogP contribution in [0.3, 0.4) is 0 Å². The van der Waals surface area contributed by atoms with E-state index >= 15 is 0 Å².